The number of ketones is 1. The molecule has 31 heavy (non-hydrogen) atoms. The summed E-state index contributed by atoms with van der Waals surface area (Å²) < 4.78 is 5.11. The Bertz CT molecular complexity index is 658. The summed E-state index contributed by atoms with van der Waals surface area (Å²) in [4.78, 5) is 26.5. The van der Waals surface area contributed by atoms with Gasteiger partial charge in [0.15, 0.2) is 0 Å². The molecule has 0 saturated heterocycles. The molecule has 0 spiro atoms. The number of esters is 1. The van der Waals surface area contributed by atoms with Gasteiger partial charge in [0.25, 0.3) is 0 Å². The Hall–Kier alpha value is -0.900. The Morgan fingerprint density at radius 1 is 1.03 bits per heavy atom. The number of Topliss-reactive ketones (excluding diaryl/α,β-unsaturated/α-hetero) is 1. The van der Waals surface area contributed by atoms with Gasteiger partial charge in [0.05, 0.1) is 19.1 Å². The molecule has 4 heteroatoms. The fourth-order valence-electron chi connectivity index (χ4n) is 7.81. The van der Waals surface area contributed by atoms with E-state index in [0.717, 1.165) is 31.6 Å². The van der Waals surface area contributed by atoms with Crippen LogP contribution in [0.15, 0.2) is 0 Å². The highest BCUT2D eigenvalue weighted by Crippen LogP contribution is 2.62. The van der Waals surface area contributed by atoms with Crippen LogP contribution in [0.2, 0.25) is 0 Å². The van der Waals surface area contributed by atoms with Crippen molar-refractivity contribution in [1.29, 1.82) is 0 Å². The number of aliphatic hydroxyl groups is 1. The van der Waals surface area contributed by atoms with Crippen molar-refractivity contribution in [2.75, 3.05) is 7.11 Å². The maximum absolute atomic E-state index is 13.9. The summed E-state index contributed by atoms with van der Waals surface area (Å²) >= 11 is 0. The van der Waals surface area contributed by atoms with Crippen molar-refractivity contribution in [3.8, 4) is 0 Å². The van der Waals surface area contributed by atoms with Crippen LogP contribution < -0.4 is 0 Å². The van der Waals surface area contributed by atoms with Crippen LogP contribution in [0.4, 0.5) is 0 Å². The van der Waals surface area contributed by atoms with Crippen LogP contribution in [-0.2, 0) is 14.3 Å². The number of fused-ring (bicyclic) bond motifs is 1. The fraction of sp³-hybridized carbons (Fsp3) is 0.926. The molecule has 3 rings (SSSR count). The molecule has 0 heterocycles. The van der Waals surface area contributed by atoms with E-state index in [1.165, 1.54) is 32.8 Å². The van der Waals surface area contributed by atoms with Gasteiger partial charge in [0, 0.05) is 11.8 Å². The number of hydrogen-bond donors (Lipinski definition) is 1. The molecule has 0 unspecified atom stereocenters. The maximum Gasteiger partial charge on any atom is 0.309 e. The van der Waals surface area contributed by atoms with Crippen molar-refractivity contribution in [2.24, 2.45) is 46.3 Å². The predicted molar refractivity (Wildman–Crippen MR) is 123 cm³/mol. The largest absolute Gasteiger partial charge is 0.469 e. The number of carbonyl (C=O) groups excluding carboxylic acids is 2. The average molecular weight is 435 g/mol. The van der Waals surface area contributed by atoms with Gasteiger partial charge in [-0.05, 0) is 73.5 Å². The average Bonchev–Trinajstić information content (AvgIpc) is 3.07. The molecule has 3 fully saturated rings. The highest BCUT2D eigenvalue weighted by atomic mass is 16.5. The second-order valence-electron chi connectivity index (χ2n) is 12.0. The van der Waals surface area contributed by atoms with Crippen LogP contribution in [-0.4, -0.2) is 30.1 Å². The van der Waals surface area contributed by atoms with Gasteiger partial charge in [-0.25, -0.2) is 0 Å². The summed E-state index contributed by atoms with van der Waals surface area (Å²) in [6, 6.07) is 0. The summed E-state index contributed by atoms with van der Waals surface area (Å²) in [6.07, 6.45) is 9.32. The van der Waals surface area contributed by atoms with Crippen molar-refractivity contribution in [3.63, 3.8) is 0 Å². The molecule has 0 aromatic heterocycles. The van der Waals surface area contributed by atoms with Gasteiger partial charge in [-0.2, -0.15) is 0 Å². The molecule has 0 bridgehead atoms. The Morgan fingerprint density at radius 2 is 1.68 bits per heavy atom. The number of carbonyl (C=O) groups is 2. The van der Waals surface area contributed by atoms with Crippen molar-refractivity contribution in [3.05, 3.63) is 0 Å². The standard InChI is InChI=1S/C27H46O4/c1-17(2)8-7-9-18(3)20-10-11-21-24(29)22(13-15-26(20,21)4)27(5)14-12-19(28)16-23(27)25(30)31-6/h17-23,28H,7-16H2,1-6H3/t18-,19+,20-,21+,22+,23-,26-,27-/m1/s1. The third-order valence-corrected chi connectivity index (χ3v) is 9.80. The molecular formula is C27H46O4. The van der Waals surface area contributed by atoms with Gasteiger partial charge in [0.1, 0.15) is 5.78 Å². The molecule has 0 amide bonds. The van der Waals surface area contributed by atoms with Gasteiger partial charge < -0.3 is 9.84 Å². The maximum atomic E-state index is 13.9. The van der Waals surface area contributed by atoms with Crippen LogP contribution in [0.25, 0.3) is 0 Å². The zero-order valence-electron chi connectivity index (χ0n) is 20.8. The van der Waals surface area contributed by atoms with E-state index in [-0.39, 0.29) is 29.1 Å². The van der Waals surface area contributed by atoms with Gasteiger partial charge in [0.2, 0.25) is 0 Å². The molecule has 1 N–H and O–H groups in total. The van der Waals surface area contributed by atoms with E-state index in [0.29, 0.717) is 30.5 Å². The lowest BCUT2D eigenvalue weighted by Gasteiger charge is -2.52. The molecule has 0 aromatic rings. The van der Waals surface area contributed by atoms with Crippen LogP contribution in [0.5, 0.6) is 0 Å². The van der Waals surface area contributed by atoms with Gasteiger partial charge in [-0.15, -0.1) is 0 Å². The second-order valence-corrected chi connectivity index (χ2v) is 12.0. The summed E-state index contributed by atoms with van der Waals surface area (Å²) in [5.74, 6) is 1.86. The Morgan fingerprint density at radius 3 is 2.32 bits per heavy atom. The molecule has 178 valence electrons. The number of rotatable bonds is 7. The summed E-state index contributed by atoms with van der Waals surface area (Å²) in [6.45, 7) is 11.5. The van der Waals surface area contributed by atoms with E-state index in [9.17, 15) is 14.7 Å². The first kappa shape index (κ1) is 24.7. The zero-order chi connectivity index (χ0) is 23.0. The van der Waals surface area contributed by atoms with Crippen LogP contribution in [0, 0.1) is 46.3 Å². The van der Waals surface area contributed by atoms with E-state index in [1.807, 2.05) is 0 Å². The number of hydrogen-bond acceptors (Lipinski definition) is 4. The normalized spacial score (nSPS) is 41.8. The highest BCUT2D eigenvalue weighted by molar-refractivity contribution is 5.87. The smallest absolute Gasteiger partial charge is 0.309 e. The van der Waals surface area contributed by atoms with Crippen LogP contribution in [0.1, 0.15) is 98.8 Å². The number of aliphatic hydroxyl groups excluding tert-OH is 1. The van der Waals surface area contributed by atoms with E-state index < -0.39 is 11.5 Å². The Labute approximate surface area is 189 Å². The summed E-state index contributed by atoms with van der Waals surface area (Å²) in [5.41, 5.74) is -0.290. The van der Waals surface area contributed by atoms with Gasteiger partial charge in [-0.1, -0.05) is 53.9 Å². The molecule has 0 radical (unpaired) electrons. The third-order valence-electron chi connectivity index (χ3n) is 9.80. The molecule has 8 atom stereocenters. The van der Waals surface area contributed by atoms with E-state index in [4.69, 9.17) is 4.74 Å². The molecular weight excluding hydrogens is 388 g/mol. The fourth-order valence-corrected chi connectivity index (χ4v) is 7.81. The summed E-state index contributed by atoms with van der Waals surface area (Å²) in [5, 5.41) is 10.2. The second kappa shape index (κ2) is 9.53. The topological polar surface area (TPSA) is 63.6 Å². The molecule has 4 nitrogen and oxygen atoms in total. The minimum atomic E-state index is -0.469. The SMILES string of the molecule is COC(=O)[C@H]1C[C@@H](O)CC[C@]1(C)[C@H]1CC[C@]2(C)[C@@H]([C@H](C)CCCC(C)C)CC[C@H]2C1=O. The lowest BCUT2D eigenvalue weighted by Crippen LogP contribution is -2.53. The van der Waals surface area contributed by atoms with Crippen molar-refractivity contribution in [1.82, 2.24) is 0 Å². The minimum Gasteiger partial charge on any atom is -0.469 e. The van der Waals surface area contributed by atoms with E-state index >= 15 is 0 Å². The monoisotopic (exact) mass is 434 g/mol. The lowest BCUT2D eigenvalue weighted by molar-refractivity contribution is -0.163. The molecule has 3 saturated carbocycles. The molecule has 0 aliphatic heterocycles. The predicted octanol–water partition coefficient (Wildman–Crippen LogP) is 5.80. The Balaban J connectivity index is 1.75. The van der Waals surface area contributed by atoms with Crippen molar-refractivity contribution >= 4 is 11.8 Å². The third kappa shape index (κ3) is 4.61. The van der Waals surface area contributed by atoms with Crippen LogP contribution in [0.3, 0.4) is 0 Å². The first-order valence-corrected chi connectivity index (χ1v) is 12.8. The first-order chi connectivity index (χ1) is 14.5. The number of ether oxygens (including phenoxy) is 1. The van der Waals surface area contributed by atoms with Gasteiger partial charge in [-0.3, -0.25) is 9.59 Å². The Kier molecular flexibility index (Phi) is 7.61. The molecule has 0 aromatic carbocycles. The highest BCUT2D eigenvalue weighted by Gasteiger charge is 2.60. The molecule has 3 aliphatic carbocycles. The summed E-state index contributed by atoms with van der Waals surface area (Å²) in [7, 11) is 1.42. The lowest BCUT2D eigenvalue weighted by atomic mass is 9.51. The van der Waals surface area contributed by atoms with Crippen molar-refractivity contribution in [2.45, 2.75) is 105 Å². The first-order valence-electron chi connectivity index (χ1n) is 12.8. The van der Waals surface area contributed by atoms with Crippen molar-refractivity contribution < 1.29 is 19.4 Å². The minimum absolute atomic E-state index is 0.0860. The van der Waals surface area contributed by atoms with Gasteiger partial charge >= 0.3 is 5.97 Å². The van der Waals surface area contributed by atoms with Crippen LogP contribution >= 0.6 is 0 Å². The molecule has 3 aliphatic rings. The van der Waals surface area contributed by atoms with E-state index in [1.54, 1.807) is 0 Å². The number of methoxy groups -OCH3 is 1. The quantitative estimate of drug-likeness (QED) is 0.514. The zero-order valence-corrected chi connectivity index (χ0v) is 20.8. The van der Waals surface area contributed by atoms with E-state index in [2.05, 4.69) is 34.6 Å².